The summed E-state index contributed by atoms with van der Waals surface area (Å²) < 4.78 is 4.56. The Kier molecular flexibility index (Phi) is 5.69. The maximum absolute atomic E-state index is 11.1. The lowest BCUT2D eigenvalue weighted by Crippen LogP contribution is -2.14. The lowest BCUT2D eigenvalue weighted by Gasteiger charge is -2.03. The van der Waals surface area contributed by atoms with E-state index in [2.05, 4.69) is 10.1 Å². The van der Waals surface area contributed by atoms with Crippen LogP contribution in [0.25, 0.3) is 0 Å². The van der Waals surface area contributed by atoms with E-state index >= 15 is 0 Å². The molecule has 1 rings (SSSR count). The Morgan fingerprint density at radius 1 is 1.53 bits per heavy atom. The summed E-state index contributed by atoms with van der Waals surface area (Å²) in [7, 11) is 1.33. The summed E-state index contributed by atoms with van der Waals surface area (Å²) in [4.78, 5) is 21.3. The summed E-state index contributed by atoms with van der Waals surface area (Å²) in [5, 5.41) is 13.7. The van der Waals surface area contributed by atoms with Crippen LogP contribution in [0, 0.1) is 10.1 Å². The average Bonchev–Trinajstić information content (AvgIpc) is 2.42. The van der Waals surface area contributed by atoms with E-state index in [0.29, 0.717) is 18.7 Å². The number of nitro benzene ring substituents is 1. The number of methoxy groups -OCH3 is 1. The van der Waals surface area contributed by atoms with E-state index in [1.807, 2.05) is 0 Å². The fraction of sp³-hybridized carbons (Fsp3) is 0.308. The number of hydrogen-bond donors (Lipinski definition) is 1. The number of non-ortho nitro benzene ring substituents is 1. The van der Waals surface area contributed by atoms with Crippen LogP contribution in [-0.2, 0) is 16.1 Å². The molecular formula is C13H16N2O4. The van der Waals surface area contributed by atoms with Crippen LogP contribution in [0.2, 0.25) is 0 Å². The highest BCUT2D eigenvalue weighted by Crippen LogP contribution is 2.12. The zero-order valence-electron chi connectivity index (χ0n) is 10.9. The Morgan fingerprint density at radius 2 is 2.26 bits per heavy atom. The minimum absolute atomic E-state index is 0.0700. The Hall–Kier alpha value is -2.21. The van der Waals surface area contributed by atoms with E-state index in [1.54, 1.807) is 25.1 Å². The lowest BCUT2D eigenvalue weighted by atomic mass is 10.2. The first-order valence-corrected chi connectivity index (χ1v) is 5.73. The van der Waals surface area contributed by atoms with E-state index in [0.717, 1.165) is 5.56 Å². The zero-order valence-corrected chi connectivity index (χ0v) is 10.9. The first-order chi connectivity index (χ1) is 9.04. The van der Waals surface area contributed by atoms with Crippen molar-refractivity contribution in [2.24, 2.45) is 0 Å². The third kappa shape index (κ3) is 4.89. The van der Waals surface area contributed by atoms with Crippen LogP contribution in [0.3, 0.4) is 0 Å². The topological polar surface area (TPSA) is 81.5 Å². The summed E-state index contributed by atoms with van der Waals surface area (Å²) in [5.74, 6) is -0.364. The van der Waals surface area contributed by atoms with Gasteiger partial charge >= 0.3 is 5.97 Å². The van der Waals surface area contributed by atoms with E-state index in [9.17, 15) is 14.9 Å². The molecule has 0 heterocycles. The summed E-state index contributed by atoms with van der Waals surface area (Å²) in [6, 6.07) is 6.41. The van der Waals surface area contributed by atoms with Gasteiger partial charge in [0.2, 0.25) is 0 Å². The Labute approximate surface area is 111 Å². The highest BCUT2D eigenvalue weighted by atomic mass is 16.6. The molecule has 0 atom stereocenters. The Bertz CT molecular complexity index is 497. The molecule has 0 spiro atoms. The average molecular weight is 264 g/mol. The fourth-order valence-corrected chi connectivity index (χ4v) is 1.47. The SMILES string of the molecule is COC(=O)/C(C)=C/CNCc1cccc([N+](=O)[O-])c1. The van der Waals surface area contributed by atoms with Crippen LogP contribution in [0.4, 0.5) is 5.69 Å². The van der Waals surface area contributed by atoms with Crippen molar-refractivity contribution in [1.82, 2.24) is 5.32 Å². The smallest absolute Gasteiger partial charge is 0.333 e. The minimum atomic E-state index is -0.426. The number of hydrogen-bond acceptors (Lipinski definition) is 5. The van der Waals surface area contributed by atoms with Gasteiger partial charge in [-0.25, -0.2) is 4.79 Å². The highest BCUT2D eigenvalue weighted by molar-refractivity contribution is 5.87. The summed E-state index contributed by atoms with van der Waals surface area (Å²) in [6.45, 7) is 2.65. The number of ether oxygens (including phenoxy) is 1. The maximum Gasteiger partial charge on any atom is 0.333 e. The lowest BCUT2D eigenvalue weighted by molar-refractivity contribution is -0.384. The molecule has 0 saturated heterocycles. The molecule has 0 saturated carbocycles. The second-order valence-electron chi connectivity index (χ2n) is 3.94. The molecule has 6 nitrogen and oxygen atoms in total. The molecule has 0 amide bonds. The van der Waals surface area contributed by atoms with Crippen LogP contribution in [0.5, 0.6) is 0 Å². The molecule has 0 aliphatic carbocycles. The van der Waals surface area contributed by atoms with Crippen molar-refractivity contribution in [1.29, 1.82) is 0 Å². The van der Waals surface area contributed by atoms with Gasteiger partial charge in [0.1, 0.15) is 0 Å². The Balaban J connectivity index is 2.48. The first-order valence-electron chi connectivity index (χ1n) is 5.73. The molecule has 0 bridgehead atoms. The molecule has 19 heavy (non-hydrogen) atoms. The number of esters is 1. The molecule has 6 heteroatoms. The molecule has 0 radical (unpaired) electrons. The van der Waals surface area contributed by atoms with Crippen LogP contribution in [0.15, 0.2) is 35.9 Å². The van der Waals surface area contributed by atoms with Crippen molar-refractivity contribution < 1.29 is 14.5 Å². The van der Waals surface area contributed by atoms with Crippen LogP contribution in [-0.4, -0.2) is 24.5 Å². The van der Waals surface area contributed by atoms with Gasteiger partial charge in [-0.3, -0.25) is 10.1 Å². The van der Waals surface area contributed by atoms with Crippen LogP contribution >= 0.6 is 0 Å². The number of nitrogens with one attached hydrogen (secondary N) is 1. The monoisotopic (exact) mass is 264 g/mol. The van der Waals surface area contributed by atoms with Gasteiger partial charge in [0, 0.05) is 30.8 Å². The van der Waals surface area contributed by atoms with E-state index in [4.69, 9.17) is 0 Å². The molecule has 102 valence electrons. The van der Waals surface area contributed by atoms with Gasteiger partial charge in [-0.1, -0.05) is 18.2 Å². The first kappa shape index (κ1) is 14.8. The molecule has 1 aromatic carbocycles. The van der Waals surface area contributed by atoms with E-state index in [1.165, 1.54) is 19.2 Å². The summed E-state index contributed by atoms with van der Waals surface area (Å²) in [6.07, 6.45) is 1.71. The number of rotatable bonds is 6. The predicted molar refractivity (Wildman–Crippen MR) is 70.6 cm³/mol. The van der Waals surface area contributed by atoms with Gasteiger partial charge in [-0.05, 0) is 12.5 Å². The van der Waals surface area contributed by atoms with Crippen molar-refractivity contribution in [3.8, 4) is 0 Å². The number of nitro groups is 1. The fourth-order valence-electron chi connectivity index (χ4n) is 1.47. The van der Waals surface area contributed by atoms with E-state index in [-0.39, 0.29) is 11.7 Å². The standard InChI is InChI=1S/C13H16N2O4/c1-10(13(16)19-2)6-7-14-9-11-4-3-5-12(8-11)15(17)18/h3-6,8,14H,7,9H2,1-2H3/b10-6+. The van der Waals surface area contributed by atoms with Crippen molar-refractivity contribution in [2.75, 3.05) is 13.7 Å². The largest absolute Gasteiger partial charge is 0.466 e. The number of carbonyl (C=O) groups excluding carboxylic acids is 1. The predicted octanol–water partition coefficient (Wildman–Crippen LogP) is 1.80. The second kappa shape index (κ2) is 7.27. The van der Waals surface area contributed by atoms with Crippen molar-refractivity contribution in [3.05, 3.63) is 51.6 Å². The molecule has 0 aliphatic rings. The van der Waals surface area contributed by atoms with E-state index < -0.39 is 4.92 Å². The summed E-state index contributed by atoms with van der Waals surface area (Å²) in [5.41, 5.74) is 1.41. The summed E-state index contributed by atoms with van der Waals surface area (Å²) >= 11 is 0. The molecular weight excluding hydrogens is 248 g/mol. The minimum Gasteiger partial charge on any atom is -0.466 e. The molecule has 0 fully saturated rings. The molecule has 0 unspecified atom stereocenters. The highest BCUT2D eigenvalue weighted by Gasteiger charge is 2.05. The van der Waals surface area contributed by atoms with Gasteiger partial charge in [-0.15, -0.1) is 0 Å². The van der Waals surface area contributed by atoms with Crippen molar-refractivity contribution in [2.45, 2.75) is 13.5 Å². The van der Waals surface area contributed by atoms with Crippen molar-refractivity contribution >= 4 is 11.7 Å². The zero-order chi connectivity index (χ0) is 14.3. The number of benzene rings is 1. The molecule has 1 aromatic rings. The third-order valence-electron chi connectivity index (χ3n) is 2.51. The quantitative estimate of drug-likeness (QED) is 0.278. The van der Waals surface area contributed by atoms with Gasteiger partial charge in [0.05, 0.1) is 12.0 Å². The number of carbonyl (C=O) groups is 1. The molecule has 0 aromatic heterocycles. The van der Waals surface area contributed by atoms with Crippen molar-refractivity contribution in [3.63, 3.8) is 0 Å². The van der Waals surface area contributed by atoms with Gasteiger partial charge < -0.3 is 10.1 Å². The van der Waals surface area contributed by atoms with Gasteiger partial charge in [0.15, 0.2) is 0 Å². The van der Waals surface area contributed by atoms with Crippen LogP contribution < -0.4 is 5.32 Å². The second-order valence-corrected chi connectivity index (χ2v) is 3.94. The van der Waals surface area contributed by atoms with Gasteiger partial charge in [-0.2, -0.15) is 0 Å². The Morgan fingerprint density at radius 3 is 2.89 bits per heavy atom. The molecule has 0 aliphatic heterocycles. The third-order valence-corrected chi connectivity index (χ3v) is 2.51. The molecule has 1 N–H and O–H groups in total. The number of nitrogens with zero attached hydrogens (tertiary/aromatic N) is 1. The normalized spacial score (nSPS) is 11.2. The van der Waals surface area contributed by atoms with Crippen LogP contribution in [0.1, 0.15) is 12.5 Å². The maximum atomic E-state index is 11.1. The van der Waals surface area contributed by atoms with Gasteiger partial charge in [0.25, 0.3) is 5.69 Å².